The van der Waals surface area contributed by atoms with Crippen LogP contribution in [0.4, 0.5) is 0 Å². The van der Waals surface area contributed by atoms with Gasteiger partial charge in [0.15, 0.2) is 0 Å². The minimum atomic E-state index is -0.845. The molecule has 0 heterocycles. The first-order valence-electron chi connectivity index (χ1n) is 11.0. The average Bonchev–Trinajstić information content (AvgIpc) is 3.35. The molecule has 0 aromatic rings. The van der Waals surface area contributed by atoms with E-state index in [1.807, 2.05) is 0 Å². The summed E-state index contributed by atoms with van der Waals surface area (Å²) in [6, 6.07) is 0. The van der Waals surface area contributed by atoms with Crippen LogP contribution in [0.15, 0.2) is 24.3 Å². The second kappa shape index (κ2) is 4.87. The fraction of sp³-hybridized carbons (Fsp3) is 0.739. The Hall–Kier alpha value is -1.58. The second-order valence-electron chi connectivity index (χ2n) is 10.4. The normalized spacial score (nSPS) is 59.8. The van der Waals surface area contributed by atoms with Crippen LogP contribution in [0.3, 0.4) is 0 Å². The topological polar surface area (TPSA) is 66.3 Å². The number of esters is 1. The first-order chi connectivity index (χ1) is 13.1. The van der Waals surface area contributed by atoms with Crippen molar-refractivity contribution < 1.29 is 19.4 Å². The molecule has 4 bridgehead atoms. The predicted octanol–water partition coefficient (Wildman–Crippen LogP) is 2.31. The zero-order chi connectivity index (χ0) is 18.0. The van der Waals surface area contributed by atoms with Gasteiger partial charge in [0.2, 0.25) is 0 Å². The van der Waals surface area contributed by atoms with E-state index in [4.69, 9.17) is 9.84 Å². The van der Waals surface area contributed by atoms with Crippen molar-refractivity contribution in [3.63, 3.8) is 0 Å². The van der Waals surface area contributed by atoms with Crippen LogP contribution in [-0.2, 0) is 14.3 Å². The summed E-state index contributed by atoms with van der Waals surface area (Å²) in [4.78, 5) is 22.9. The monoisotopic (exact) mass is 367 g/mol. The Morgan fingerprint density at radius 1 is 0.852 bits per heavy atom. The SMILES string of the molecule is O=C([OH2+])/C=C\C(=O)OC1C2CCC1C1C2C2C3CC(C4C5CC=CC5C34)C12. The van der Waals surface area contributed by atoms with E-state index in [2.05, 4.69) is 12.2 Å². The Morgan fingerprint density at radius 3 is 2.22 bits per heavy atom. The van der Waals surface area contributed by atoms with Crippen molar-refractivity contribution >= 4 is 11.9 Å². The van der Waals surface area contributed by atoms with Crippen molar-refractivity contribution in [2.75, 3.05) is 0 Å². The Morgan fingerprint density at radius 2 is 1.52 bits per heavy atom. The molecule has 0 saturated heterocycles. The van der Waals surface area contributed by atoms with Gasteiger partial charge in [-0.1, -0.05) is 12.2 Å². The maximum absolute atomic E-state index is 12.1. The fourth-order valence-corrected chi connectivity index (χ4v) is 10.1. The molecule has 7 aliphatic rings. The minimum absolute atomic E-state index is 0.0695. The smallest absolute Gasteiger partial charge is 0.542 e. The lowest BCUT2D eigenvalue weighted by atomic mass is 9.39. The van der Waals surface area contributed by atoms with Gasteiger partial charge in [0.1, 0.15) is 6.10 Å². The van der Waals surface area contributed by atoms with Crippen LogP contribution in [0.5, 0.6) is 0 Å². The molecule has 13 atom stereocenters. The lowest BCUT2D eigenvalue weighted by Crippen LogP contribution is -2.61. The molecule has 142 valence electrons. The summed E-state index contributed by atoms with van der Waals surface area (Å²) in [5, 5.41) is 6.92. The van der Waals surface area contributed by atoms with E-state index in [1.165, 1.54) is 25.7 Å². The van der Waals surface area contributed by atoms with Crippen LogP contribution >= 0.6 is 0 Å². The molecule has 6 saturated carbocycles. The van der Waals surface area contributed by atoms with E-state index < -0.39 is 11.9 Å². The summed E-state index contributed by atoms with van der Waals surface area (Å²) >= 11 is 0. The van der Waals surface area contributed by atoms with E-state index in [-0.39, 0.29) is 6.10 Å². The molecule has 0 radical (unpaired) electrons. The molecule has 0 aromatic carbocycles. The number of allylic oxidation sites excluding steroid dienone is 2. The molecule has 0 aliphatic heterocycles. The first kappa shape index (κ1) is 15.4. The van der Waals surface area contributed by atoms with Gasteiger partial charge in [-0.2, -0.15) is 0 Å². The molecule has 27 heavy (non-hydrogen) atoms. The summed E-state index contributed by atoms with van der Waals surface area (Å²) in [6.45, 7) is 0. The Balaban J connectivity index is 1.14. The molecule has 2 N–H and O–H groups in total. The average molecular weight is 367 g/mol. The van der Waals surface area contributed by atoms with Gasteiger partial charge in [-0.25, -0.2) is 4.79 Å². The fourth-order valence-electron chi connectivity index (χ4n) is 10.1. The van der Waals surface area contributed by atoms with Crippen LogP contribution < -0.4 is 0 Å². The Kier molecular flexibility index (Phi) is 2.77. The van der Waals surface area contributed by atoms with E-state index in [0.29, 0.717) is 11.8 Å². The summed E-state index contributed by atoms with van der Waals surface area (Å²) in [7, 11) is 0. The number of rotatable bonds is 3. The maximum atomic E-state index is 12.1. The van der Waals surface area contributed by atoms with E-state index in [9.17, 15) is 9.59 Å². The third kappa shape index (κ3) is 1.64. The summed E-state index contributed by atoms with van der Waals surface area (Å²) < 4.78 is 5.86. The van der Waals surface area contributed by atoms with Gasteiger partial charge in [-0.05, 0) is 96.7 Å². The lowest BCUT2D eigenvalue weighted by Gasteiger charge is -2.65. The zero-order valence-corrected chi connectivity index (χ0v) is 15.4. The van der Waals surface area contributed by atoms with Crippen LogP contribution in [0.25, 0.3) is 0 Å². The van der Waals surface area contributed by atoms with Crippen LogP contribution in [0.2, 0.25) is 0 Å². The maximum Gasteiger partial charge on any atom is 0.542 e. The highest BCUT2D eigenvalue weighted by molar-refractivity contribution is 5.90. The Labute approximate surface area is 159 Å². The van der Waals surface area contributed by atoms with Crippen molar-refractivity contribution in [1.29, 1.82) is 0 Å². The van der Waals surface area contributed by atoms with Gasteiger partial charge >= 0.3 is 11.9 Å². The molecular weight excluding hydrogens is 340 g/mol. The van der Waals surface area contributed by atoms with Crippen LogP contribution in [0.1, 0.15) is 25.7 Å². The third-order valence-electron chi connectivity index (χ3n) is 10.2. The lowest BCUT2D eigenvalue weighted by molar-refractivity contribution is -0.175. The summed E-state index contributed by atoms with van der Waals surface area (Å²) in [5.41, 5.74) is 0. The molecule has 6 fully saturated rings. The highest BCUT2D eigenvalue weighted by Gasteiger charge is 2.79. The molecular formula is C23H27O4+. The highest BCUT2D eigenvalue weighted by atomic mass is 16.5. The van der Waals surface area contributed by atoms with Gasteiger partial charge in [0.25, 0.3) is 0 Å². The molecule has 4 heteroatoms. The zero-order valence-electron chi connectivity index (χ0n) is 15.4. The van der Waals surface area contributed by atoms with E-state index >= 15 is 0 Å². The van der Waals surface area contributed by atoms with Crippen LogP contribution in [-0.4, -0.2) is 23.1 Å². The highest BCUT2D eigenvalue weighted by Crippen LogP contribution is 2.82. The molecule has 0 amide bonds. The number of hydrogen-bond acceptors (Lipinski definition) is 3. The summed E-state index contributed by atoms with van der Waals surface area (Å²) in [5.74, 6) is 9.03. The Bertz CT molecular complexity index is 798. The predicted molar refractivity (Wildman–Crippen MR) is 97.1 cm³/mol. The standard InChI is InChI=1S/C23H26O4/c24-15(25)6-7-16(26)27-23-11-4-5-12(23)20-19(11)21-13-8-14(22(20)21)18-10-3-1-2-9(10)17(13)18/h1-2,6-7,9-14,17-23H,3-5,8H2,(H,24,25)/p+1/b7-6-. The quantitative estimate of drug-likeness (QED) is 0.253. The summed E-state index contributed by atoms with van der Waals surface area (Å²) in [6.07, 6.45) is 12.5. The minimum Gasteiger partial charge on any atom is -0.561 e. The third-order valence-corrected chi connectivity index (χ3v) is 10.2. The van der Waals surface area contributed by atoms with E-state index in [0.717, 1.165) is 71.3 Å². The van der Waals surface area contributed by atoms with Gasteiger partial charge in [0.05, 0.1) is 6.08 Å². The molecule has 7 aliphatic carbocycles. The van der Waals surface area contributed by atoms with Crippen molar-refractivity contribution in [3.8, 4) is 0 Å². The number of ether oxygens (including phenoxy) is 1. The van der Waals surface area contributed by atoms with Gasteiger partial charge < -0.3 is 9.84 Å². The number of carbonyl (C=O) groups excluding carboxylic acids is 2. The molecule has 13 unspecified atom stereocenters. The number of fused-ring (bicyclic) bond motifs is 18. The second-order valence-corrected chi connectivity index (χ2v) is 10.4. The number of carbonyl (C=O) groups is 2. The van der Waals surface area contributed by atoms with Crippen LogP contribution in [0, 0.1) is 71.0 Å². The van der Waals surface area contributed by atoms with Gasteiger partial charge in [-0.3, -0.25) is 0 Å². The molecule has 4 nitrogen and oxygen atoms in total. The molecule has 0 spiro atoms. The van der Waals surface area contributed by atoms with Gasteiger partial charge in [0, 0.05) is 10.9 Å². The molecule has 0 aromatic heterocycles. The van der Waals surface area contributed by atoms with E-state index in [1.54, 1.807) is 0 Å². The van der Waals surface area contributed by atoms with Crippen molar-refractivity contribution in [3.05, 3.63) is 24.3 Å². The molecule has 7 rings (SSSR count). The van der Waals surface area contributed by atoms with Crippen molar-refractivity contribution in [2.45, 2.75) is 31.8 Å². The van der Waals surface area contributed by atoms with Gasteiger partial charge in [-0.15, -0.1) is 0 Å². The first-order valence-corrected chi connectivity index (χ1v) is 11.0. The largest absolute Gasteiger partial charge is 0.561 e. The number of hydrogen-bond donors (Lipinski definition) is 0. The van der Waals surface area contributed by atoms with Crippen molar-refractivity contribution in [1.82, 2.24) is 0 Å². The van der Waals surface area contributed by atoms with Crippen molar-refractivity contribution in [2.24, 2.45) is 71.0 Å².